The maximum atomic E-state index is 11.1. The molecule has 0 unspecified atom stereocenters. The van der Waals surface area contributed by atoms with Gasteiger partial charge in [-0.1, -0.05) is 30.3 Å². The fourth-order valence-corrected chi connectivity index (χ4v) is 1.34. The molecule has 1 rings (SSSR count). The van der Waals surface area contributed by atoms with Gasteiger partial charge in [0.15, 0.2) is 0 Å². The van der Waals surface area contributed by atoms with Crippen LogP contribution in [0.4, 0.5) is 0 Å². The van der Waals surface area contributed by atoms with E-state index in [1.54, 1.807) is 7.05 Å². The van der Waals surface area contributed by atoms with Crippen molar-refractivity contribution < 1.29 is 16.8 Å². The van der Waals surface area contributed by atoms with Crippen LogP contribution in [0.15, 0.2) is 30.3 Å². The monoisotopic (exact) mass is 333 g/mol. The second kappa shape index (κ2) is 7.30. The van der Waals surface area contributed by atoms with Crippen molar-refractivity contribution in [2.75, 3.05) is 13.3 Å². The van der Waals surface area contributed by atoms with Gasteiger partial charge in [0.2, 0.25) is 10.0 Å². The molecule has 0 aliphatic rings. The van der Waals surface area contributed by atoms with Crippen LogP contribution in [0.5, 0.6) is 0 Å². The largest absolute Gasteiger partial charge is 0.317 e. The average molecular weight is 334 g/mol. The normalized spacial score (nSPS) is 11.8. The van der Waals surface area contributed by atoms with Gasteiger partial charge in [-0.2, -0.15) is 8.42 Å². The highest BCUT2D eigenvalue weighted by molar-refractivity contribution is 8.31. The fraction of sp³-hybridized carbons (Fsp3) is 0.333. The van der Waals surface area contributed by atoms with Crippen LogP contribution in [0.3, 0.4) is 0 Å². The second-order valence-corrected chi connectivity index (χ2v) is 9.14. The summed E-state index contributed by atoms with van der Waals surface area (Å²) in [7, 11) is 3.32. The fourth-order valence-electron chi connectivity index (χ4n) is 0.958. The summed E-state index contributed by atoms with van der Waals surface area (Å²) in [5.41, 5.74) is 0.996. The van der Waals surface area contributed by atoms with Crippen LogP contribution in [-0.2, 0) is 24.8 Å². The van der Waals surface area contributed by atoms with Gasteiger partial charge in [0, 0.05) is 35.0 Å². The maximum Gasteiger partial charge on any atom is 0.317 e. The predicted octanol–water partition coefficient (Wildman–Crippen LogP) is 1.79. The Labute approximate surface area is 116 Å². The number of rotatable bonds is 3. The number of hydrogen-bond acceptors (Lipinski definition) is 4. The van der Waals surface area contributed by atoms with Crippen molar-refractivity contribution in [2.45, 2.75) is 6.54 Å². The predicted molar refractivity (Wildman–Crippen MR) is 73.4 cm³/mol. The molecule has 5 nitrogen and oxygen atoms in total. The van der Waals surface area contributed by atoms with E-state index in [0.717, 1.165) is 5.56 Å². The lowest BCUT2D eigenvalue weighted by Crippen LogP contribution is -2.24. The first-order valence-corrected chi connectivity index (χ1v) is 9.58. The van der Waals surface area contributed by atoms with Gasteiger partial charge in [0.1, 0.15) is 0 Å². The lowest BCUT2D eigenvalue weighted by molar-refractivity contribution is 0.472. The lowest BCUT2D eigenvalue weighted by Gasteiger charge is -2.13. The van der Waals surface area contributed by atoms with Crippen molar-refractivity contribution in [3.8, 4) is 0 Å². The van der Waals surface area contributed by atoms with Gasteiger partial charge in [-0.3, -0.25) is 0 Å². The highest BCUT2D eigenvalue weighted by Gasteiger charge is 2.10. The van der Waals surface area contributed by atoms with E-state index in [1.807, 2.05) is 30.3 Å². The molecule has 9 heteroatoms. The van der Waals surface area contributed by atoms with Crippen molar-refractivity contribution in [3.05, 3.63) is 35.9 Å². The van der Waals surface area contributed by atoms with E-state index in [4.69, 9.17) is 8.42 Å². The van der Waals surface area contributed by atoms with E-state index >= 15 is 0 Å². The maximum absolute atomic E-state index is 11.1. The van der Waals surface area contributed by atoms with Crippen LogP contribution in [-0.4, -0.2) is 34.4 Å². The van der Waals surface area contributed by atoms with Crippen LogP contribution in [0.25, 0.3) is 0 Å². The molecule has 0 spiro atoms. The van der Waals surface area contributed by atoms with Crippen LogP contribution in [0.1, 0.15) is 5.56 Å². The molecule has 18 heavy (non-hydrogen) atoms. The van der Waals surface area contributed by atoms with Crippen molar-refractivity contribution in [2.24, 2.45) is 0 Å². The summed E-state index contributed by atoms with van der Waals surface area (Å²) in [6.45, 7) is 0.430. The van der Waals surface area contributed by atoms with E-state index in [0.29, 0.717) is 6.54 Å². The molecule has 1 aromatic rings. The molecule has 1 aromatic carbocycles. The van der Waals surface area contributed by atoms with Gasteiger partial charge in [0.25, 0.3) is 0 Å². The Balaban J connectivity index is 0.000000494. The molecule has 0 saturated carbocycles. The number of hydrogen-bond donors (Lipinski definition) is 0. The molecule has 0 aliphatic carbocycles. The van der Waals surface area contributed by atoms with Crippen molar-refractivity contribution in [3.63, 3.8) is 0 Å². The standard InChI is InChI=1S/C9H13NO2S.Cl2O2S/c1-10(13(2,11)12)8-9-6-4-3-5-7-9;1-5(2,3)4/h3-7H,8H2,1-2H3;. The van der Waals surface area contributed by atoms with Gasteiger partial charge in [-0.25, -0.2) is 12.7 Å². The van der Waals surface area contributed by atoms with E-state index in [2.05, 4.69) is 21.4 Å². The zero-order valence-corrected chi connectivity index (χ0v) is 12.9. The molecule has 104 valence electrons. The topological polar surface area (TPSA) is 71.5 Å². The molecular formula is C9H13Cl2NO4S2. The Morgan fingerprint density at radius 2 is 1.44 bits per heavy atom. The Morgan fingerprint density at radius 3 is 1.78 bits per heavy atom. The van der Waals surface area contributed by atoms with Crippen molar-refractivity contribution in [1.82, 2.24) is 4.31 Å². The van der Waals surface area contributed by atoms with Crippen LogP contribution in [0.2, 0.25) is 0 Å². The van der Waals surface area contributed by atoms with Gasteiger partial charge in [-0.15, -0.1) is 0 Å². The Kier molecular flexibility index (Phi) is 7.16. The molecule has 0 radical (unpaired) electrons. The summed E-state index contributed by atoms with van der Waals surface area (Å²) in [6, 6.07) is 9.50. The third kappa shape index (κ3) is 10.8. The first-order valence-electron chi connectivity index (χ1n) is 4.59. The molecule has 0 aliphatic heterocycles. The van der Waals surface area contributed by atoms with Gasteiger partial charge in [-0.05, 0) is 5.56 Å². The SMILES string of the molecule is CN(Cc1ccccc1)S(C)(=O)=O.O=S(=O)(Cl)Cl. The van der Waals surface area contributed by atoms with E-state index < -0.39 is 18.3 Å². The summed E-state index contributed by atoms with van der Waals surface area (Å²) in [5, 5.41) is 0. The van der Waals surface area contributed by atoms with E-state index in [1.165, 1.54) is 10.6 Å². The minimum atomic E-state index is -3.72. The number of benzene rings is 1. The zero-order valence-electron chi connectivity index (χ0n) is 9.75. The molecule has 0 aromatic heterocycles. The van der Waals surface area contributed by atoms with Crippen LogP contribution < -0.4 is 0 Å². The summed E-state index contributed by atoms with van der Waals surface area (Å²) in [4.78, 5) is 0. The van der Waals surface area contributed by atoms with Crippen molar-refractivity contribution >= 4 is 39.7 Å². The minimum Gasteiger partial charge on any atom is -0.213 e. The summed E-state index contributed by atoms with van der Waals surface area (Å²) in [5.74, 6) is 0. The smallest absolute Gasteiger partial charge is 0.213 e. The Bertz CT molecular complexity index is 549. The summed E-state index contributed by atoms with van der Waals surface area (Å²) in [6.07, 6.45) is 1.20. The molecule has 0 bridgehead atoms. The molecule has 0 heterocycles. The first kappa shape index (κ1) is 17.7. The third-order valence-electron chi connectivity index (χ3n) is 1.81. The molecule has 0 saturated heterocycles. The number of nitrogens with zero attached hydrogens (tertiary/aromatic N) is 1. The van der Waals surface area contributed by atoms with Gasteiger partial charge < -0.3 is 0 Å². The lowest BCUT2D eigenvalue weighted by atomic mass is 10.2. The van der Waals surface area contributed by atoms with Gasteiger partial charge >= 0.3 is 8.26 Å². The van der Waals surface area contributed by atoms with E-state index in [9.17, 15) is 8.42 Å². The summed E-state index contributed by atoms with van der Waals surface area (Å²) >= 11 is 0. The third-order valence-corrected chi connectivity index (χ3v) is 3.08. The quantitative estimate of drug-likeness (QED) is 0.790. The highest BCUT2D eigenvalue weighted by Crippen LogP contribution is 2.04. The van der Waals surface area contributed by atoms with Crippen molar-refractivity contribution in [1.29, 1.82) is 0 Å². The van der Waals surface area contributed by atoms with Crippen LogP contribution >= 0.6 is 21.4 Å². The number of halogens is 2. The molecule has 0 amide bonds. The molecular weight excluding hydrogens is 321 g/mol. The molecule has 0 atom stereocenters. The second-order valence-electron chi connectivity index (χ2n) is 3.38. The summed E-state index contributed by atoms with van der Waals surface area (Å²) < 4.78 is 41.8. The highest BCUT2D eigenvalue weighted by atomic mass is 36.0. The Morgan fingerprint density at radius 1 is 1.06 bits per heavy atom. The first-order chi connectivity index (χ1) is 8.00. The number of sulfonamides is 1. The average Bonchev–Trinajstić information content (AvgIpc) is 2.15. The molecule has 0 fully saturated rings. The minimum absolute atomic E-state index is 0.430. The van der Waals surface area contributed by atoms with Crippen LogP contribution in [0, 0.1) is 0 Å². The molecule has 0 N–H and O–H groups in total. The van der Waals surface area contributed by atoms with Gasteiger partial charge in [0.05, 0.1) is 6.26 Å². The van der Waals surface area contributed by atoms with E-state index in [-0.39, 0.29) is 0 Å². The Hall–Kier alpha value is -0.340. The zero-order chi connectivity index (χ0) is 14.4.